The predicted molar refractivity (Wildman–Crippen MR) is 89.6 cm³/mol. The lowest BCUT2D eigenvalue weighted by atomic mass is 10.2. The zero-order valence-corrected chi connectivity index (χ0v) is 12.6. The number of benzene rings is 1. The Kier molecular flexibility index (Phi) is 3.36. The normalized spacial score (nSPS) is 10.8. The third kappa shape index (κ3) is 2.60. The summed E-state index contributed by atoms with van der Waals surface area (Å²) in [7, 11) is 0. The van der Waals surface area contributed by atoms with Gasteiger partial charge in [-0.25, -0.2) is 15.0 Å². The molecule has 4 aromatic rings. The highest BCUT2D eigenvalue weighted by molar-refractivity contribution is 6.33. The molecule has 4 rings (SSSR count). The second-order valence-electron chi connectivity index (χ2n) is 4.84. The van der Waals surface area contributed by atoms with Crippen molar-refractivity contribution in [2.24, 2.45) is 0 Å². The van der Waals surface area contributed by atoms with E-state index < -0.39 is 0 Å². The molecular weight excluding hydrogens is 312 g/mol. The summed E-state index contributed by atoms with van der Waals surface area (Å²) in [6.45, 7) is 0. The monoisotopic (exact) mass is 322 g/mol. The molecule has 0 unspecified atom stereocenters. The lowest BCUT2D eigenvalue weighted by Crippen LogP contribution is -1.96. The van der Waals surface area contributed by atoms with Gasteiger partial charge in [-0.2, -0.15) is 0 Å². The minimum atomic E-state index is 0.606. The third-order valence-electron chi connectivity index (χ3n) is 3.34. The average Bonchev–Trinajstić information content (AvgIpc) is 3.01. The number of hydrogen-bond acceptors (Lipinski definition) is 5. The van der Waals surface area contributed by atoms with E-state index >= 15 is 0 Å². The Morgan fingerprint density at radius 3 is 2.74 bits per heavy atom. The highest BCUT2D eigenvalue weighted by atomic mass is 35.5. The molecule has 0 aliphatic carbocycles. The summed E-state index contributed by atoms with van der Waals surface area (Å²) in [6.07, 6.45) is 6.56. The van der Waals surface area contributed by atoms with Crippen molar-refractivity contribution in [3.05, 3.63) is 60.1 Å². The second kappa shape index (κ2) is 5.66. The summed E-state index contributed by atoms with van der Waals surface area (Å²) in [5.41, 5.74) is 2.42. The van der Waals surface area contributed by atoms with E-state index in [1.807, 2.05) is 30.3 Å². The Labute approximate surface area is 136 Å². The van der Waals surface area contributed by atoms with Gasteiger partial charge >= 0.3 is 0 Å². The summed E-state index contributed by atoms with van der Waals surface area (Å²) in [5, 5.41) is 3.77. The molecule has 3 aromatic heterocycles. The van der Waals surface area contributed by atoms with Gasteiger partial charge in [0.25, 0.3) is 0 Å². The molecule has 0 bridgehead atoms. The van der Waals surface area contributed by atoms with Gasteiger partial charge in [0.05, 0.1) is 16.7 Å². The first-order valence-corrected chi connectivity index (χ1v) is 7.32. The molecule has 2 N–H and O–H groups in total. The summed E-state index contributed by atoms with van der Waals surface area (Å²) >= 11 is 6.25. The van der Waals surface area contributed by atoms with Crippen LogP contribution in [0.2, 0.25) is 5.02 Å². The first-order chi connectivity index (χ1) is 11.3. The van der Waals surface area contributed by atoms with Crippen molar-refractivity contribution in [2.75, 3.05) is 5.32 Å². The maximum Gasteiger partial charge on any atom is 0.159 e. The van der Waals surface area contributed by atoms with Gasteiger partial charge in [-0.1, -0.05) is 23.7 Å². The van der Waals surface area contributed by atoms with Crippen LogP contribution in [0.1, 0.15) is 0 Å². The van der Waals surface area contributed by atoms with Gasteiger partial charge in [-0.15, -0.1) is 0 Å². The van der Waals surface area contributed by atoms with E-state index in [0.717, 1.165) is 11.1 Å². The minimum Gasteiger partial charge on any atom is -0.338 e. The minimum absolute atomic E-state index is 0.606. The highest BCUT2D eigenvalue weighted by Crippen LogP contribution is 2.29. The van der Waals surface area contributed by atoms with Crippen molar-refractivity contribution in [3.63, 3.8) is 0 Å². The first kappa shape index (κ1) is 13.7. The molecule has 0 spiro atoms. The van der Waals surface area contributed by atoms with Gasteiger partial charge in [0.15, 0.2) is 5.82 Å². The number of hydrogen-bond donors (Lipinski definition) is 2. The molecule has 0 radical (unpaired) electrons. The topological polar surface area (TPSA) is 79.4 Å². The largest absolute Gasteiger partial charge is 0.338 e. The number of rotatable bonds is 3. The highest BCUT2D eigenvalue weighted by Gasteiger charge is 2.12. The summed E-state index contributed by atoms with van der Waals surface area (Å²) in [6, 6.07) is 9.43. The molecule has 3 heterocycles. The van der Waals surface area contributed by atoms with Crippen LogP contribution in [-0.4, -0.2) is 24.9 Å². The Hall–Kier alpha value is -2.99. The number of aromatic amines is 1. The Bertz CT molecular complexity index is 967. The van der Waals surface area contributed by atoms with Crippen LogP contribution in [0.4, 0.5) is 11.6 Å². The third-order valence-corrected chi connectivity index (χ3v) is 3.67. The van der Waals surface area contributed by atoms with E-state index in [0.29, 0.717) is 28.0 Å². The number of imidazole rings is 1. The number of aromatic nitrogens is 5. The van der Waals surface area contributed by atoms with Crippen LogP contribution in [0.25, 0.3) is 22.4 Å². The van der Waals surface area contributed by atoms with Crippen molar-refractivity contribution in [3.8, 4) is 11.4 Å². The molecule has 0 saturated carbocycles. The van der Waals surface area contributed by atoms with Gasteiger partial charge in [0.2, 0.25) is 0 Å². The van der Waals surface area contributed by atoms with Gasteiger partial charge < -0.3 is 10.3 Å². The molecule has 0 fully saturated rings. The maximum atomic E-state index is 6.25. The molecular formula is C16H11ClN6. The van der Waals surface area contributed by atoms with Crippen LogP contribution in [0.5, 0.6) is 0 Å². The molecule has 0 aliphatic rings. The number of pyridine rings is 1. The number of nitrogens with zero attached hydrogens (tertiary/aromatic N) is 4. The first-order valence-electron chi connectivity index (χ1n) is 6.94. The Morgan fingerprint density at radius 1 is 1.00 bits per heavy atom. The number of anilines is 2. The molecule has 0 aliphatic heterocycles. The predicted octanol–water partition coefficient (Wildman–Crippen LogP) is 3.81. The van der Waals surface area contributed by atoms with Crippen LogP contribution < -0.4 is 5.32 Å². The molecule has 6 nitrogen and oxygen atoms in total. The van der Waals surface area contributed by atoms with E-state index in [9.17, 15) is 0 Å². The van der Waals surface area contributed by atoms with Gasteiger partial charge in [-0.3, -0.25) is 4.98 Å². The average molecular weight is 323 g/mol. The van der Waals surface area contributed by atoms with E-state index in [4.69, 9.17) is 11.6 Å². The summed E-state index contributed by atoms with van der Waals surface area (Å²) in [4.78, 5) is 20.4. The number of halogens is 1. The zero-order valence-electron chi connectivity index (χ0n) is 11.9. The van der Waals surface area contributed by atoms with Gasteiger partial charge in [0, 0.05) is 24.2 Å². The van der Waals surface area contributed by atoms with E-state index in [1.54, 1.807) is 24.8 Å². The lowest BCUT2D eigenvalue weighted by Gasteiger charge is -2.03. The molecule has 112 valence electrons. The van der Waals surface area contributed by atoms with Crippen LogP contribution in [-0.2, 0) is 0 Å². The summed E-state index contributed by atoms with van der Waals surface area (Å²) < 4.78 is 0. The molecule has 23 heavy (non-hydrogen) atoms. The molecule has 7 heteroatoms. The Morgan fingerprint density at radius 2 is 1.91 bits per heavy atom. The number of H-pyrrole nitrogens is 1. The number of nitrogens with one attached hydrogen (secondary N) is 2. The number of fused-ring (bicyclic) bond motifs is 1. The smallest absolute Gasteiger partial charge is 0.159 e. The van der Waals surface area contributed by atoms with Crippen molar-refractivity contribution < 1.29 is 0 Å². The molecule has 1 aromatic carbocycles. The SMILES string of the molecule is Clc1ccccc1-c1nc2c(Nc3cnccn3)nccc2[nH]1. The lowest BCUT2D eigenvalue weighted by molar-refractivity contribution is 1.18. The van der Waals surface area contributed by atoms with Gasteiger partial charge in [0.1, 0.15) is 17.2 Å². The Balaban J connectivity index is 1.80. The van der Waals surface area contributed by atoms with Crippen molar-refractivity contribution in [1.29, 1.82) is 0 Å². The van der Waals surface area contributed by atoms with Crippen molar-refractivity contribution in [1.82, 2.24) is 24.9 Å². The van der Waals surface area contributed by atoms with Crippen molar-refractivity contribution >= 4 is 34.3 Å². The van der Waals surface area contributed by atoms with E-state index in [-0.39, 0.29) is 0 Å². The van der Waals surface area contributed by atoms with E-state index in [2.05, 4.69) is 30.2 Å². The fourth-order valence-corrected chi connectivity index (χ4v) is 2.52. The fraction of sp³-hybridized carbons (Fsp3) is 0. The molecule has 0 saturated heterocycles. The van der Waals surface area contributed by atoms with Crippen molar-refractivity contribution in [2.45, 2.75) is 0 Å². The maximum absolute atomic E-state index is 6.25. The van der Waals surface area contributed by atoms with Gasteiger partial charge in [-0.05, 0) is 18.2 Å². The molecule has 0 atom stereocenters. The zero-order chi connectivity index (χ0) is 15.6. The standard InChI is InChI=1S/C16H11ClN6/c17-11-4-2-1-3-10(11)15-21-12-5-6-20-16(14(12)23-15)22-13-9-18-7-8-19-13/h1-9H,(H,21,23)(H,19,20,22). The summed E-state index contributed by atoms with van der Waals surface area (Å²) in [5.74, 6) is 1.91. The molecule has 0 amide bonds. The van der Waals surface area contributed by atoms with Crippen LogP contribution in [0, 0.1) is 0 Å². The van der Waals surface area contributed by atoms with Crippen LogP contribution in [0.15, 0.2) is 55.1 Å². The quantitative estimate of drug-likeness (QED) is 0.599. The van der Waals surface area contributed by atoms with E-state index in [1.165, 1.54) is 0 Å². The second-order valence-corrected chi connectivity index (χ2v) is 5.24. The van der Waals surface area contributed by atoms with Crippen LogP contribution >= 0.6 is 11.6 Å². The fourth-order valence-electron chi connectivity index (χ4n) is 2.29. The van der Waals surface area contributed by atoms with Crippen LogP contribution in [0.3, 0.4) is 0 Å².